The highest BCUT2D eigenvalue weighted by molar-refractivity contribution is 7.90. The van der Waals surface area contributed by atoms with Crippen molar-refractivity contribution in [3.63, 3.8) is 0 Å². The summed E-state index contributed by atoms with van der Waals surface area (Å²) in [7, 11) is -4.12. The van der Waals surface area contributed by atoms with Gasteiger partial charge in [0.15, 0.2) is 5.69 Å². The summed E-state index contributed by atoms with van der Waals surface area (Å²) in [6, 6.07) is 10.7. The Labute approximate surface area is 172 Å². The summed E-state index contributed by atoms with van der Waals surface area (Å²) in [4.78, 5) is 20.0. The van der Waals surface area contributed by atoms with Crippen molar-refractivity contribution in [1.29, 1.82) is 0 Å². The molecule has 1 heterocycles. The third-order valence-corrected chi connectivity index (χ3v) is 5.62. The molecule has 3 aromatic rings. The number of carbonyl (C=O) groups excluding carboxylic acids is 1. The molecule has 0 saturated heterocycles. The number of aryl methyl sites for hydroxylation is 2. The highest BCUT2D eigenvalue weighted by atomic mass is 35.5. The number of halogens is 2. The van der Waals surface area contributed by atoms with Crippen LogP contribution in [-0.4, -0.2) is 24.4 Å². The Morgan fingerprint density at radius 3 is 2.45 bits per heavy atom. The summed E-state index contributed by atoms with van der Waals surface area (Å²) in [5.74, 6) is -1.98. The van der Waals surface area contributed by atoms with Gasteiger partial charge < -0.3 is 4.74 Å². The molecule has 0 spiro atoms. The molecule has 29 heavy (non-hydrogen) atoms. The lowest BCUT2D eigenvalue weighted by Crippen LogP contribution is -2.17. The van der Waals surface area contributed by atoms with E-state index in [0.717, 1.165) is 23.4 Å². The van der Waals surface area contributed by atoms with Gasteiger partial charge in [-0.3, -0.25) is 0 Å². The third kappa shape index (κ3) is 4.96. The Bertz CT molecular complexity index is 1180. The van der Waals surface area contributed by atoms with Crippen molar-refractivity contribution in [1.82, 2.24) is 9.97 Å². The van der Waals surface area contributed by atoms with Crippen LogP contribution in [0.5, 0.6) is 5.75 Å². The van der Waals surface area contributed by atoms with E-state index >= 15 is 0 Å². The van der Waals surface area contributed by atoms with Crippen LogP contribution in [0, 0.1) is 19.7 Å². The van der Waals surface area contributed by atoms with Crippen molar-refractivity contribution >= 4 is 27.4 Å². The molecule has 0 bridgehead atoms. The Hall–Kier alpha value is -2.84. The Morgan fingerprint density at radius 1 is 1.14 bits per heavy atom. The van der Waals surface area contributed by atoms with Gasteiger partial charge in [0.25, 0.3) is 0 Å². The zero-order valence-corrected chi connectivity index (χ0v) is 17.1. The quantitative estimate of drug-likeness (QED) is 0.341. The number of ether oxygens (including phenoxy) is 1. The maximum atomic E-state index is 13.8. The monoisotopic (exact) mass is 434 g/mol. The first-order chi connectivity index (χ1) is 13.7. The molecule has 0 radical (unpaired) electrons. The summed E-state index contributed by atoms with van der Waals surface area (Å²) in [5.41, 5.74) is 1.34. The predicted molar refractivity (Wildman–Crippen MR) is 105 cm³/mol. The Balaban J connectivity index is 1.91. The van der Waals surface area contributed by atoms with Crippen LogP contribution >= 0.6 is 11.6 Å². The van der Waals surface area contributed by atoms with E-state index in [4.69, 9.17) is 16.3 Å². The van der Waals surface area contributed by atoms with E-state index in [1.807, 2.05) is 19.9 Å². The SMILES string of the molecule is Cc1cc(C)cc(OC(=O)c2nc(S(=O)(=O)Cc3ccccc3F)ncc2Cl)c1. The summed E-state index contributed by atoms with van der Waals surface area (Å²) in [6.07, 6.45) is 1.00. The number of nitrogens with zero attached hydrogens (tertiary/aromatic N) is 2. The molecule has 6 nitrogen and oxygen atoms in total. The molecule has 0 N–H and O–H groups in total. The lowest BCUT2D eigenvalue weighted by Gasteiger charge is -2.09. The fourth-order valence-electron chi connectivity index (χ4n) is 2.68. The Kier molecular flexibility index (Phi) is 5.95. The normalized spacial score (nSPS) is 11.3. The molecule has 0 fully saturated rings. The van der Waals surface area contributed by atoms with Crippen LogP contribution in [0.1, 0.15) is 27.2 Å². The third-order valence-electron chi connectivity index (χ3n) is 3.90. The molecular weight excluding hydrogens is 419 g/mol. The maximum Gasteiger partial charge on any atom is 0.364 e. The lowest BCUT2D eigenvalue weighted by molar-refractivity contribution is 0.0727. The second kappa shape index (κ2) is 8.26. The number of hydrogen-bond donors (Lipinski definition) is 0. The van der Waals surface area contributed by atoms with Gasteiger partial charge in [0.05, 0.1) is 17.0 Å². The van der Waals surface area contributed by atoms with Crippen molar-refractivity contribution in [3.8, 4) is 5.75 Å². The maximum absolute atomic E-state index is 13.8. The summed E-state index contributed by atoms with van der Waals surface area (Å²) in [6.45, 7) is 3.69. The van der Waals surface area contributed by atoms with Gasteiger partial charge >= 0.3 is 5.97 Å². The molecular formula is C20H16ClFN2O4S. The van der Waals surface area contributed by atoms with Gasteiger partial charge in [-0.05, 0) is 43.2 Å². The van der Waals surface area contributed by atoms with Gasteiger partial charge in [-0.25, -0.2) is 27.6 Å². The molecule has 150 valence electrons. The summed E-state index contributed by atoms with van der Waals surface area (Å²) in [5, 5.41) is -0.804. The molecule has 0 saturated carbocycles. The molecule has 3 rings (SSSR count). The number of hydrogen-bond acceptors (Lipinski definition) is 6. The zero-order chi connectivity index (χ0) is 21.2. The molecule has 2 aromatic carbocycles. The summed E-state index contributed by atoms with van der Waals surface area (Å²) < 4.78 is 44.3. The van der Waals surface area contributed by atoms with Crippen LogP contribution in [0.25, 0.3) is 0 Å². The van der Waals surface area contributed by atoms with E-state index in [9.17, 15) is 17.6 Å². The van der Waals surface area contributed by atoms with Gasteiger partial charge in [-0.2, -0.15) is 0 Å². The second-order valence-electron chi connectivity index (χ2n) is 6.41. The van der Waals surface area contributed by atoms with Crippen molar-refractivity contribution in [2.75, 3.05) is 0 Å². The van der Waals surface area contributed by atoms with Crippen LogP contribution in [0.4, 0.5) is 4.39 Å². The molecule has 9 heteroatoms. The van der Waals surface area contributed by atoms with E-state index in [0.29, 0.717) is 0 Å². The van der Waals surface area contributed by atoms with E-state index in [-0.39, 0.29) is 16.3 Å². The van der Waals surface area contributed by atoms with Crippen LogP contribution in [-0.2, 0) is 15.6 Å². The van der Waals surface area contributed by atoms with Crippen molar-refractivity contribution in [2.45, 2.75) is 24.8 Å². The first-order valence-electron chi connectivity index (χ1n) is 8.45. The van der Waals surface area contributed by atoms with E-state index in [2.05, 4.69) is 9.97 Å². The second-order valence-corrected chi connectivity index (χ2v) is 8.70. The van der Waals surface area contributed by atoms with Gasteiger partial charge in [0.2, 0.25) is 15.0 Å². The van der Waals surface area contributed by atoms with Crippen LogP contribution < -0.4 is 4.74 Å². The number of aromatic nitrogens is 2. The largest absolute Gasteiger partial charge is 0.422 e. The fourth-order valence-corrected chi connectivity index (χ4v) is 4.06. The average Bonchev–Trinajstić information content (AvgIpc) is 2.62. The number of rotatable bonds is 5. The molecule has 0 amide bonds. The van der Waals surface area contributed by atoms with Crippen molar-refractivity contribution in [2.24, 2.45) is 0 Å². The Morgan fingerprint density at radius 2 is 1.79 bits per heavy atom. The van der Waals surface area contributed by atoms with E-state index < -0.39 is 38.2 Å². The average molecular weight is 435 g/mol. The first-order valence-corrected chi connectivity index (χ1v) is 10.5. The van der Waals surface area contributed by atoms with Crippen LogP contribution in [0.3, 0.4) is 0 Å². The highest BCUT2D eigenvalue weighted by Crippen LogP contribution is 2.22. The number of benzene rings is 2. The van der Waals surface area contributed by atoms with Gasteiger partial charge in [-0.15, -0.1) is 0 Å². The molecule has 1 aromatic heterocycles. The minimum absolute atomic E-state index is 0.0367. The molecule has 0 aliphatic heterocycles. The van der Waals surface area contributed by atoms with E-state index in [1.54, 1.807) is 12.1 Å². The minimum Gasteiger partial charge on any atom is -0.422 e. The molecule has 0 unspecified atom stereocenters. The minimum atomic E-state index is -4.12. The van der Waals surface area contributed by atoms with Crippen LogP contribution in [0.15, 0.2) is 53.8 Å². The number of esters is 1. The standard InChI is InChI=1S/C20H16ClFN2O4S/c1-12-7-13(2)9-15(8-12)28-19(25)18-16(21)10-23-20(24-18)29(26,27)11-14-5-3-4-6-17(14)22/h3-10H,11H2,1-2H3. The molecule has 0 aliphatic carbocycles. The van der Waals surface area contributed by atoms with Gasteiger partial charge in [0, 0.05) is 5.56 Å². The van der Waals surface area contributed by atoms with Crippen LogP contribution in [0.2, 0.25) is 5.02 Å². The molecule has 0 aliphatic rings. The first kappa shape index (κ1) is 20.9. The van der Waals surface area contributed by atoms with Gasteiger partial charge in [0.1, 0.15) is 11.6 Å². The predicted octanol–water partition coefficient (Wildman–Crippen LogP) is 4.08. The summed E-state index contributed by atoms with van der Waals surface area (Å²) >= 11 is 5.97. The van der Waals surface area contributed by atoms with Crippen molar-refractivity contribution in [3.05, 3.63) is 81.9 Å². The lowest BCUT2D eigenvalue weighted by atomic mass is 10.1. The number of sulfone groups is 1. The highest BCUT2D eigenvalue weighted by Gasteiger charge is 2.25. The van der Waals surface area contributed by atoms with Gasteiger partial charge in [-0.1, -0.05) is 35.9 Å². The number of carbonyl (C=O) groups is 1. The van der Waals surface area contributed by atoms with E-state index in [1.165, 1.54) is 18.2 Å². The molecule has 0 atom stereocenters. The fraction of sp³-hybridized carbons (Fsp3) is 0.150. The smallest absolute Gasteiger partial charge is 0.364 e. The van der Waals surface area contributed by atoms with Crippen molar-refractivity contribution < 1.29 is 22.3 Å². The topological polar surface area (TPSA) is 86.2 Å². The zero-order valence-electron chi connectivity index (χ0n) is 15.5.